The van der Waals surface area contributed by atoms with Crippen LogP contribution in [0.15, 0.2) is 36.4 Å². The van der Waals surface area contributed by atoms with Crippen LogP contribution in [0.5, 0.6) is 23.0 Å². The zero-order valence-electron chi connectivity index (χ0n) is 10.2. The van der Waals surface area contributed by atoms with Crippen molar-refractivity contribution >= 4 is 0 Å². The molecule has 0 aliphatic carbocycles. The highest BCUT2D eigenvalue weighted by molar-refractivity contribution is 5.69. The van der Waals surface area contributed by atoms with Gasteiger partial charge in [0.15, 0.2) is 23.0 Å². The van der Waals surface area contributed by atoms with E-state index in [2.05, 4.69) is 0 Å². The molecule has 2 aromatic carbocycles. The Morgan fingerprint density at radius 2 is 1.33 bits per heavy atom. The third-order valence-electron chi connectivity index (χ3n) is 2.69. The number of phenols is 2. The standard InChI is InChI=1S/C14H14O4/c1-17-13-6-4-10(8-14(13)18-2)9-3-5-11(15)12(16)7-9/h3-8,15-16H,1-2H3. The first-order valence-corrected chi connectivity index (χ1v) is 5.40. The number of phenolic OH excluding ortho intramolecular Hbond substituents is 2. The number of aromatic hydroxyl groups is 2. The smallest absolute Gasteiger partial charge is 0.161 e. The van der Waals surface area contributed by atoms with Crippen LogP contribution in [0.1, 0.15) is 0 Å². The lowest BCUT2D eigenvalue weighted by atomic mass is 10.0. The second-order valence-corrected chi connectivity index (χ2v) is 3.77. The largest absolute Gasteiger partial charge is 0.504 e. The predicted octanol–water partition coefficient (Wildman–Crippen LogP) is 2.78. The highest BCUT2D eigenvalue weighted by Gasteiger charge is 2.07. The minimum absolute atomic E-state index is 0.140. The van der Waals surface area contributed by atoms with Gasteiger partial charge in [0.25, 0.3) is 0 Å². The lowest BCUT2D eigenvalue weighted by Crippen LogP contribution is -1.90. The van der Waals surface area contributed by atoms with Crippen LogP contribution < -0.4 is 9.47 Å². The molecule has 0 bridgehead atoms. The molecule has 4 heteroatoms. The number of hydrogen-bond donors (Lipinski definition) is 2. The summed E-state index contributed by atoms with van der Waals surface area (Å²) in [4.78, 5) is 0. The molecule has 2 N–H and O–H groups in total. The summed E-state index contributed by atoms with van der Waals surface area (Å²) in [5.41, 5.74) is 1.65. The zero-order valence-corrected chi connectivity index (χ0v) is 10.2. The van der Waals surface area contributed by atoms with E-state index in [1.807, 2.05) is 12.1 Å². The number of rotatable bonds is 3. The van der Waals surface area contributed by atoms with Gasteiger partial charge in [-0.15, -0.1) is 0 Å². The molecular weight excluding hydrogens is 232 g/mol. The first kappa shape index (κ1) is 12.1. The molecule has 0 amide bonds. The van der Waals surface area contributed by atoms with Gasteiger partial charge < -0.3 is 19.7 Å². The van der Waals surface area contributed by atoms with Crippen molar-refractivity contribution in [3.63, 3.8) is 0 Å². The quantitative estimate of drug-likeness (QED) is 0.817. The molecule has 0 fully saturated rings. The molecule has 2 rings (SSSR count). The summed E-state index contributed by atoms with van der Waals surface area (Å²) in [7, 11) is 3.14. The molecule has 0 unspecified atom stereocenters. The van der Waals surface area contributed by atoms with E-state index in [-0.39, 0.29) is 11.5 Å². The van der Waals surface area contributed by atoms with Gasteiger partial charge in [0, 0.05) is 0 Å². The van der Waals surface area contributed by atoms with Gasteiger partial charge in [-0.2, -0.15) is 0 Å². The first-order valence-electron chi connectivity index (χ1n) is 5.40. The summed E-state index contributed by atoms with van der Waals surface area (Å²) in [6.45, 7) is 0. The lowest BCUT2D eigenvalue weighted by Gasteiger charge is -2.10. The Kier molecular flexibility index (Phi) is 3.28. The van der Waals surface area contributed by atoms with Crippen LogP contribution in [0.3, 0.4) is 0 Å². The first-order chi connectivity index (χ1) is 8.65. The van der Waals surface area contributed by atoms with Crippen LogP contribution in [-0.2, 0) is 0 Å². The number of ether oxygens (including phenoxy) is 2. The summed E-state index contributed by atoms with van der Waals surface area (Å²) in [5.74, 6) is 0.966. The Morgan fingerprint density at radius 1 is 0.722 bits per heavy atom. The molecule has 0 radical (unpaired) electrons. The SMILES string of the molecule is COc1ccc(-c2ccc(O)c(O)c2)cc1OC. The van der Waals surface area contributed by atoms with E-state index in [1.165, 1.54) is 12.1 Å². The molecule has 0 aliphatic heterocycles. The van der Waals surface area contributed by atoms with Crippen molar-refractivity contribution in [2.75, 3.05) is 14.2 Å². The highest BCUT2D eigenvalue weighted by Crippen LogP contribution is 2.35. The van der Waals surface area contributed by atoms with Crippen LogP contribution in [0.25, 0.3) is 11.1 Å². The molecule has 0 saturated carbocycles. The molecule has 2 aromatic rings. The van der Waals surface area contributed by atoms with Gasteiger partial charge in [0.2, 0.25) is 0 Å². The van der Waals surface area contributed by atoms with Crippen molar-refractivity contribution in [1.29, 1.82) is 0 Å². The topological polar surface area (TPSA) is 58.9 Å². The third kappa shape index (κ3) is 2.18. The maximum Gasteiger partial charge on any atom is 0.161 e. The molecule has 0 aliphatic rings. The second-order valence-electron chi connectivity index (χ2n) is 3.77. The van der Waals surface area contributed by atoms with E-state index in [9.17, 15) is 10.2 Å². The van der Waals surface area contributed by atoms with Gasteiger partial charge in [0.1, 0.15) is 0 Å². The molecule has 18 heavy (non-hydrogen) atoms. The van der Waals surface area contributed by atoms with Crippen LogP contribution >= 0.6 is 0 Å². The average Bonchev–Trinajstić information content (AvgIpc) is 2.41. The predicted molar refractivity (Wildman–Crippen MR) is 68.3 cm³/mol. The summed E-state index contributed by atoms with van der Waals surface area (Å²) < 4.78 is 10.4. The maximum absolute atomic E-state index is 9.48. The minimum Gasteiger partial charge on any atom is -0.504 e. The van der Waals surface area contributed by atoms with Crippen LogP contribution in [0.2, 0.25) is 0 Å². The van der Waals surface area contributed by atoms with Crippen molar-refractivity contribution < 1.29 is 19.7 Å². The van der Waals surface area contributed by atoms with Gasteiger partial charge in [0.05, 0.1) is 14.2 Å². The normalized spacial score (nSPS) is 10.1. The second kappa shape index (κ2) is 4.87. The summed E-state index contributed by atoms with van der Waals surface area (Å²) in [6, 6.07) is 10.1. The Hall–Kier alpha value is -2.36. The molecule has 0 heterocycles. The van der Waals surface area contributed by atoms with Gasteiger partial charge in [-0.3, -0.25) is 0 Å². The molecule has 4 nitrogen and oxygen atoms in total. The number of methoxy groups -OCH3 is 2. The van der Waals surface area contributed by atoms with E-state index >= 15 is 0 Å². The number of hydrogen-bond acceptors (Lipinski definition) is 4. The molecule has 94 valence electrons. The van der Waals surface area contributed by atoms with Crippen molar-refractivity contribution in [3.05, 3.63) is 36.4 Å². The average molecular weight is 246 g/mol. The van der Waals surface area contributed by atoms with Crippen molar-refractivity contribution in [2.45, 2.75) is 0 Å². The van der Waals surface area contributed by atoms with E-state index in [0.29, 0.717) is 11.5 Å². The lowest BCUT2D eigenvalue weighted by molar-refractivity contribution is 0.355. The van der Waals surface area contributed by atoms with E-state index < -0.39 is 0 Å². The van der Waals surface area contributed by atoms with Gasteiger partial charge in [-0.1, -0.05) is 12.1 Å². The van der Waals surface area contributed by atoms with Crippen molar-refractivity contribution in [2.24, 2.45) is 0 Å². The van der Waals surface area contributed by atoms with Crippen LogP contribution in [0, 0.1) is 0 Å². The molecule has 0 atom stereocenters. The van der Waals surface area contributed by atoms with Gasteiger partial charge in [-0.05, 0) is 35.4 Å². The summed E-state index contributed by atoms with van der Waals surface area (Å²) in [5, 5.41) is 18.8. The fraction of sp³-hybridized carbons (Fsp3) is 0.143. The van der Waals surface area contributed by atoms with Crippen molar-refractivity contribution in [3.8, 4) is 34.1 Å². The Morgan fingerprint density at radius 3 is 1.94 bits per heavy atom. The van der Waals surface area contributed by atoms with Crippen LogP contribution in [0.4, 0.5) is 0 Å². The zero-order chi connectivity index (χ0) is 13.1. The van der Waals surface area contributed by atoms with Gasteiger partial charge >= 0.3 is 0 Å². The Balaban J connectivity index is 2.47. The van der Waals surface area contributed by atoms with Crippen molar-refractivity contribution in [1.82, 2.24) is 0 Å². The highest BCUT2D eigenvalue weighted by atomic mass is 16.5. The molecular formula is C14H14O4. The van der Waals surface area contributed by atoms with E-state index in [0.717, 1.165) is 11.1 Å². The fourth-order valence-electron chi connectivity index (χ4n) is 1.72. The van der Waals surface area contributed by atoms with E-state index in [4.69, 9.17) is 9.47 Å². The third-order valence-corrected chi connectivity index (χ3v) is 2.69. The minimum atomic E-state index is -0.151. The molecule has 0 saturated heterocycles. The maximum atomic E-state index is 9.48. The molecule has 0 aromatic heterocycles. The summed E-state index contributed by atoms with van der Waals surface area (Å²) in [6.07, 6.45) is 0. The monoisotopic (exact) mass is 246 g/mol. The van der Waals surface area contributed by atoms with E-state index in [1.54, 1.807) is 26.4 Å². The van der Waals surface area contributed by atoms with Crippen LogP contribution in [-0.4, -0.2) is 24.4 Å². The molecule has 0 spiro atoms. The Labute approximate surface area is 105 Å². The van der Waals surface area contributed by atoms with Gasteiger partial charge in [-0.25, -0.2) is 0 Å². The fourth-order valence-corrected chi connectivity index (χ4v) is 1.72. The number of benzene rings is 2. The Bertz CT molecular complexity index is 564. The summed E-state index contributed by atoms with van der Waals surface area (Å²) >= 11 is 0.